The summed E-state index contributed by atoms with van der Waals surface area (Å²) in [7, 11) is 0. The summed E-state index contributed by atoms with van der Waals surface area (Å²) >= 11 is 0. The first kappa shape index (κ1) is 13.2. The second-order valence-electron chi connectivity index (χ2n) is 3.74. The van der Waals surface area contributed by atoms with Crippen LogP contribution < -0.4 is 11.1 Å². The normalized spacial score (nSPS) is 11.8. The number of hydrogen-bond donors (Lipinski definition) is 3. The predicted molar refractivity (Wildman–Crippen MR) is 63.4 cm³/mol. The number of carbonyl (C=O) groups is 2. The number of hydrogen-bond acceptors (Lipinski definition) is 3. The number of rotatable bonds is 6. The lowest BCUT2D eigenvalue weighted by molar-refractivity contribution is -0.138. The van der Waals surface area contributed by atoms with Crippen molar-refractivity contribution in [3.05, 3.63) is 35.9 Å². The molecule has 0 heterocycles. The van der Waals surface area contributed by atoms with Gasteiger partial charge in [-0.1, -0.05) is 30.3 Å². The molecular weight excluding hydrogens is 220 g/mol. The third kappa shape index (κ3) is 5.12. The van der Waals surface area contributed by atoms with E-state index < -0.39 is 24.5 Å². The third-order valence-electron chi connectivity index (χ3n) is 2.34. The van der Waals surface area contributed by atoms with E-state index in [1.165, 1.54) is 0 Å². The second-order valence-corrected chi connectivity index (χ2v) is 3.74. The summed E-state index contributed by atoms with van der Waals surface area (Å²) in [6.07, 6.45) is 1.19. The average Bonchev–Trinajstić information content (AvgIpc) is 2.34. The number of carbonyl (C=O) groups excluding carboxylic acids is 1. The number of aryl methyl sites for hydroxylation is 1. The molecule has 0 fully saturated rings. The van der Waals surface area contributed by atoms with Crippen LogP contribution >= 0.6 is 0 Å². The minimum Gasteiger partial charge on any atom is -0.480 e. The zero-order chi connectivity index (χ0) is 12.7. The Morgan fingerprint density at radius 2 is 1.94 bits per heavy atom. The first-order valence-electron chi connectivity index (χ1n) is 5.38. The first-order chi connectivity index (χ1) is 8.09. The van der Waals surface area contributed by atoms with E-state index in [4.69, 9.17) is 10.8 Å². The van der Waals surface area contributed by atoms with Gasteiger partial charge in [0.25, 0.3) is 0 Å². The molecule has 4 N–H and O–H groups in total. The highest BCUT2D eigenvalue weighted by Gasteiger charge is 2.13. The molecule has 0 radical (unpaired) electrons. The summed E-state index contributed by atoms with van der Waals surface area (Å²) in [6.45, 7) is -0.391. The van der Waals surface area contributed by atoms with Gasteiger partial charge in [0.15, 0.2) is 0 Å². The highest BCUT2D eigenvalue weighted by Crippen LogP contribution is 2.03. The van der Waals surface area contributed by atoms with Crippen LogP contribution in [-0.2, 0) is 16.0 Å². The standard InChI is InChI=1S/C12H16N2O3/c13-10(12(17)14-8-11(15)16)7-6-9-4-2-1-3-5-9/h1-5,10H,6-8,13H2,(H,14,17)(H,15,16)/t10-/m1/s1. The molecule has 0 spiro atoms. The summed E-state index contributed by atoms with van der Waals surface area (Å²) in [5.74, 6) is -1.50. The molecule has 0 aromatic heterocycles. The van der Waals surface area contributed by atoms with Crippen molar-refractivity contribution in [2.24, 2.45) is 5.73 Å². The van der Waals surface area contributed by atoms with Crippen LogP contribution in [0.1, 0.15) is 12.0 Å². The highest BCUT2D eigenvalue weighted by molar-refractivity contribution is 5.84. The van der Waals surface area contributed by atoms with Gasteiger partial charge in [-0.2, -0.15) is 0 Å². The summed E-state index contributed by atoms with van der Waals surface area (Å²) in [4.78, 5) is 21.6. The molecule has 0 unspecified atom stereocenters. The van der Waals surface area contributed by atoms with Crippen molar-refractivity contribution >= 4 is 11.9 Å². The van der Waals surface area contributed by atoms with Crippen molar-refractivity contribution in [1.82, 2.24) is 5.32 Å². The van der Waals surface area contributed by atoms with E-state index in [0.717, 1.165) is 5.56 Å². The molecule has 17 heavy (non-hydrogen) atoms. The Morgan fingerprint density at radius 3 is 2.53 bits per heavy atom. The van der Waals surface area contributed by atoms with Gasteiger partial charge in [0, 0.05) is 0 Å². The minimum atomic E-state index is -1.08. The van der Waals surface area contributed by atoms with Gasteiger partial charge in [-0.25, -0.2) is 0 Å². The fourth-order valence-electron chi connectivity index (χ4n) is 1.39. The molecule has 0 saturated carbocycles. The summed E-state index contributed by atoms with van der Waals surface area (Å²) in [5, 5.41) is 10.7. The molecule has 5 nitrogen and oxygen atoms in total. The lowest BCUT2D eigenvalue weighted by Gasteiger charge is -2.10. The van der Waals surface area contributed by atoms with Crippen molar-refractivity contribution in [1.29, 1.82) is 0 Å². The van der Waals surface area contributed by atoms with Gasteiger partial charge in [0.2, 0.25) is 5.91 Å². The smallest absolute Gasteiger partial charge is 0.322 e. The predicted octanol–water partition coefficient (Wildman–Crippen LogP) is 0.147. The van der Waals surface area contributed by atoms with Gasteiger partial charge in [-0.15, -0.1) is 0 Å². The molecule has 5 heteroatoms. The topological polar surface area (TPSA) is 92.4 Å². The van der Waals surface area contributed by atoms with E-state index in [0.29, 0.717) is 12.8 Å². The number of carboxylic acid groups (broad SMARTS) is 1. The number of nitrogens with one attached hydrogen (secondary N) is 1. The SMILES string of the molecule is N[C@H](CCc1ccccc1)C(=O)NCC(=O)O. The van der Waals surface area contributed by atoms with Crippen LogP contribution in [0.15, 0.2) is 30.3 Å². The Balaban J connectivity index is 2.31. The molecule has 1 aromatic rings. The summed E-state index contributed by atoms with van der Waals surface area (Å²) in [5.41, 5.74) is 6.75. The van der Waals surface area contributed by atoms with E-state index in [9.17, 15) is 9.59 Å². The fourth-order valence-corrected chi connectivity index (χ4v) is 1.39. The van der Waals surface area contributed by atoms with Gasteiger partial charge in [-0.3, -0.25) is 9.59 Å². The van der Waals surface area contributed by atoms with Crippen LogP contribution in [0.2, 0.25) is 0 Å². The van der Waals surface area contributed by atoms with Crippen molar-refractivity contribution < 1.29 is 14.7 Å². The largest absolute Gasteiger partial charge is 0.480 e. The average molecular weight is 236 g/mol. The van der Waals surface area contributed by atoms with E-state index in [-0.39, 0.29) is 0 Å². The van der Waals surface area contributed by atoms with Gasteiger partial charge < -0.3 is 16.2 Å². The molecule has 0 bridgehead atoms. The third-order valence-corrected chi connectivity index (χ3v) is 2.34. The Bertz CT molecular complexity index is 379. The molecule has 92 valence electrons. The molecule has 0 aliphatic rings. The first-order valence-corrected chi connectivity index (χ1v) is 5.38. The van der Waals surface area contributed by atoms with E-state index >= 15 is 0 Å². The van der Waals surface area contributed by atoms with Crippen molar-refractivity contribution in [3.63, 3.8) is 0 Å². The van der Waals surface area contributed by atoms with Gasteiger partial charge in [0.1, 0.15) is 6.54 Å². The van der Waals surface area contributed by atoms with E-state index in [1.807, 2.05) is 30.3 Å². The summed E-state index contributed by atoms with van der Waals surface area (Å²) in [6, 6.07) is 9.01. The van der Waals surface area contributed by atoms with Crippen molar-refractivity contribution in [2.45, 2.75) is 18.9 Å². The molecule has 0 aliphatic carbocycles. The van der Waals surface area contributed by atoms with Crippen molar-refractivity contribution in [2.75, 3.05) is 6.54 Å². The highest BCUT2D eigenvalue weighted by atomic mass is 16.4. The monoisotopic (exact) mass is 236 g/mol. The van der Waals surface area contributed by atoms with E-state index in [1.54, 1.807) is 0 Å². The van der Waals surface area contributed by atoms with Gasteiger partial charge in [-0.05, 0) is 18.4 Å². The molecule has 1 atom stereocenters. The maximum absolute atomic E-state index is 11.4. The Morgan fingerprint density at radius 1 is 1.29 bits per heavy atom. The second kappa shape index (κ2) is 6.65. The number of benzene rings is 1. The molecule has 1 aromatic carbocycles. The number of aliphatic carboxylic acids is 1. The lowest BCUT2D eigenvalue weighted by atomic mass is 10.1. The minimum absolute atomic E-state index is 0.391. The maximum Gasteiger partial charge on any atom is 0.322 e. The Labute approximate surface area is 99.6 Å². The van der Waals surface area contributed by atoms with Crippen LogP contribution in [0.5, 0.6) is 0 Å². The van der Waals surface area contributed by atoms with Crippen LogP contribution in [0.4, 0.5) is 0 Å². The molecule has 1 amide bonds. The van der Waals surface area contributed by atoms with E-state index in [2.05, 4.69) is 5.32 Å². The van der Waals surface area contributed by atoms with Gasteiger partial charge in [0.05, 0.1) is 6.04 Å². The molecule has 1 rings (SSSR count). The van der Waals surface area contributed by atoms with Crippen LogP contribution in [0, 0.1) is 0 Å². The molecular formula is C12H16N2O3. The zero-order valence-electron chi connectivity index (χ0n) is 9.43. The number of carboxylic acids is 1. The van der Waals surface area contributed by atoms with Crippen LogP contribution in [0.25, 0.3) is 0 Å². The molecule has 0 aliphatic heterocycles. The van der Waals surface area contributed by atoms with Crippen LogP contribution in [-0.4, -0.2) is 29.6 Å². The fraction of sp³-hybridized carbons (Fsp3) is 0.333. The molecule has 0 saturated heterocycles. The Hall–Kier alpha value is -1.88. The number of nitrogens with two attached hydrogens (primary N) is 1. The maximum atomic E-state index is 11.4. The lowest BCUT2D eigenvalue weighted by Crippen LogP contribution is -2.42. The Kier molecular flexibility index (Phi) is 5.16. The summed E-state index contributed by atoms with van der Waals surface area (Å²) < 4.78 is 0. The quantitative estimate of drug-likeness (QED) is 0.655. The number of amides is 1. The van der Waals surface area contributed by atoms with Crippen molar-refractivity contribution in [3.8, 4) is 0 Å². The van der Waals surface area contributed by atoms with Gasteiger partial charge >= 0.3 is 5.97 Å². The zero-order valence-corrected chi connectivity index (χ0v) is 9.43. The van der Waals surface area contributed by atoms with Crippen LogP contribution in [0.3, 0.4) is 0 Å².